The van der Waals surface area contributed by atoms with Crippen molar-refractivity contribution in [1.82, 2.24) is 10.2 Å². The lowest BCUT2D eigenvalue weighted by molar-refractivity contribution is 0.235. The molecule has 0 aromatic heterocycles. The minimum absolute atomic E-state index is 0.729. The van der Waals surface area contributed by atoms with E-state index in [0.29, 0.717) is 0 Å². The van der Waals surface area contributed by atoms with Crippen molar-refractivity contribution in [2.24, 2.45) is 11.8 Å². The quantitative estimate of drug-likeness (QED) is 0.775. The lowest BCUT2D eigenvalue weighted by Crippen LogP contribution is -2.35. The average molecular weight is 262 g/mol. The van der Waals surface area contributed by atoms with Gasteiger partial charge in [-0.1, -0.05) is 38.1 Å². The zero-order valence-corrected chi connectivity index (χ0v) is 13.2. The number of nitrogens with zero attached hydrogens (tertiary/aromatic N) is 1. The van der Waals surface area contributed by atoms with Crippen LogP contribution < -0.4 is 5.32 Å². The van der Waals surface area contributed by atoms with Crippen LogP contribution in [0.3, 0.4) is 0 Å². The van der Waals surface area contributed by atoms with Crippen LogP contribution in [-0.4, -0.2) is 38.6 Å². The Kier molecular flexibility index (Phi) is 7.11. The van der Waals surface area contributed by atoms with Gasteiger partial charge in [0.2, 0.25) is 0 Å². The Morgan fingerprint density at radius 3 is 2.47 bits per heavy atom. The number of hydrogen-bond donors (Lipinski definition) is 1. The molecule has 1 aromatic carbocycles. The smallest absolute Gasteiger partial charge is 0.00213 e. The van der Waals surface area contributed by atoms with Gasteiger partial charge in [-0.15, -0.1) is 0 Å². The molecule has 1 unspecified atom stereocenters. The third kappa shape index (κ3) is 5.75. The van der Waals surface area contributed by atoms with Gasteiger partial charge in [-0.25, -0.2) is 0 Å². The Hall–Kier alpha value is -0.860. The molecule has 1 N–H and O–H groups in total. The minimum atomic E-state index is 0.729. The van der Waals surface area contributed by atoms with Gasteiger partial charge in [0.1, 0.15) is 0 Å². The number of hydrogen-bond acceptors (Lipinski definition) is 2. The summed E-state index contributed by atoms with van der Waals surface area (Å²) in [6.45, 7) is 10.2. The SMILES string of the molecule is CNCC(CN(C)CCc1ccccc1C)C(C)C. The molecule has 0 aliphatic heterocycles. The Morgan fingerprint density at radius 1 is 1.21 bits per heavy atom. The lowest BCUT2D eigenvalue weighted by atomic mass is 9.95. The van der Waals surface area contributed by atoms with E-state index in [2.05, 4.69) is 62.3 Å². The van der Waals surface area contributed by atoms with Crippen LogP contribution in [-0.2, 0) is 6.42 Å². The first-order valence-electron chi connectivity index (χ1n) is 7.42. The van der Waals surface area contributed by atoms with E-state index in [9.17, 15) is 0 Å². The molecule has 1 aromatic rings. The summed E-state index contributed by atoms with van der Waals surface area (Å²) in [5.74, 6) is 1.46. The predicted octanol–water partition coefficient (Wildman–Crippen LogP) is 2.96. The van der Waals surface area contributed by atoms with Crippen LogP contribution in [0.15, 0.2) is 24.3 Å². The fourth-order valence-electron chi connectivity index (χ4n) is 2.47. The normalized spacial score (nSPS) is 13.2. The van der Waals surface area contributed by atoms with Crippen LogP contribution in [0.1, 0.15) is 25.0 Å². The highest BCUT2D eigenvalue weighted by Crippen LogP contribution is 2.12. The first kappa shape index (κ1) is 16.2. The van der Waals surface area contributed by atoms with Crippen LogP contribution in [0.2, 0.25) is 0 Å². The van der Waals surface area contributed by atoms with Crippen LogP contribution in [0, 0.1) is 18.8 Å². The second kappa shape index (κ2) is 8.34. The Bertz CT molecular complexity index is 360. The minimum Gasteiger partial charge on any atom is -0.319 e. The molecule has 0 heterocycles. The molecule has 0 aliphatic rings. The largest absolute Gasteiger partial charge is 0.319 e. The topological polar surface area (TPSA) is 15.3 Å². The fraction of sp³-hybridized carbons (Fsp3) is 0.647. The van der Waals surface area contributed by atoms with Gasteiger partial charge in [0.15, 0.2) is 0 Å². The second-order valence-corrected chi connectivity index (χ2v) is 6.00. The summed E-state index contributed by atoms with van der Waals surface area (Å²) in [5.41, 5.74) is 2.88. The van der Waals surface area contributed by atoms with Crippen LogP contribution in [0.4, 0.5) is 0 Å². The summed E-state index contributed by atoms with van der Waals surface area (Å²) in [6.07, 6.45) is 1.15. The van der Waals surface area contributed by atoms with Crippen molar-refractivity contribution in [3.8, 4) is 0 Å². The summed E-state index contributed by atoms with van der Waals surface area (Å²) in [7, 11) is 4.28. The van der Waals surface area contributed by atoms with Gasteiger partial charge in [-0.2, -0.15) is 0 Å². The number of aryl methyl sites for hydroxylation is 1. The first-order valence-corrected chi connectivity index (χ1v) is 7.42. The maximum Gasteiger partial charge on any atom is 0.00213 e. The molecule has 2 nitrogen and oxygen atoms in total. The zero-order valence-electron chi connectivity index (χ0n) is 13.2. The Labute approximate surface area is 119 Å². The molecule has 0 amide bonds. The van der Waals surface area contributed by atoms with E-state index < -0.39 is 0 Å². The summed E-state index contributed by atoms with van der Waals surface area (Å²) in [6, 6.07) is 8.70. The van der Waals surface area contributed by atoms with Crippen molar-refractivity contribution in [3.63, 3.8) is 0 Å². The molecule has 0 saturated carbocycles. The highest BCUT2D eigenvalue weighted by molar-refractivity contribution is 5.25. The van der Waals surface area contributed by atoms with E-state index >= 15 is 0 Å². The number of rotatable bonds is 8. The average Bonchev–Trinajstić information content (AvgIpc) is 2.37. The number of nitrogens with one attached hydrogen (secondary N) is 1. The van der Waals surface area contributed by atoms with Crippen LogP contribution >= 0.6 is 0 Å². The Balaban J connectivity index is 2.42. The molecule has 1 rings (SSSR count). The van der Waals surface area contributed by atoms with Gasteiger partial charge >= 0.3 is 0 Å². The van der Waals surface area contributed by atoms with Crippen molar-refractivity contribution < 1.29 is 0 Å². The molecule has 1 atom stereocenters. The molecule has 0 saturated heterocycles. The van der Waals surface area contributed by atoms with Crippen molar-refractivity contribution >= 4 is 0 Å². The third-order valence-electron chi connectivity index (χ3n) is 3.98. The van der Waals surface area contributed by atoms with Crippen molar-refractivity contribution in [3.05, 3.63) is 35.4 Å². The fourth-order valence-corrected chi connectivity index (χ4v) is 2.47. The van der Waals surface area contributed by atoms with Gasteiger partial charge in [-0.05, 0) is 56.9 Å². The van der Waals surface area contributed by atoms with Crippen molar-refractivity contribution in [1.29, 1.82) is 0 Å². The van der Waals surface area contributed by atoms with Crippen LogP contribution in [0.5, 0.6) is 0 Å². The number of likely N-dealkylation sites (N-methyl/N-ethyl adjacent to an activating group) is 1. The van der Waals surface area contributed by atoms with Crippen LogP contribution in [0.25, 0.3) is 0 Å². The molecule has 108 valence electrons. The maximum absolute atomic E-state index is 3.31. The second-order valence-electron chi connectivity index (χ2n) is 6.00. The molecule has 0 bridgehead atoms. The van der Waals surface area contributed by atoms with E-state index in [1.807, 2.05) is 7.05 Å². The molecule has 0 radical (unpaired) electrons. The summed E-state index contributed by atoms with van der Waals surface area (Å²) >= 11 is 0. The predicted molar refractivity (Wildman–Crippen MR) is 84.6 cm³/mol. The summed E-state index contributed by atoms with van der Waals surface area (Å²) in [5, 5.41) is 3.31. The summed E-state index contributed by atoms with van der Waals surface area (Å²) < 4.78 is 0. The molecular formula is C17H30N2. The van der Waals surface area contributed by atoms with E-state index in [0.717, 1.165) is 31.3 Å². The maximum atomic E-state index is 3.31. The van der Waals surface area contributed by atoms with E-state index in [-0.39, 0.29) is 0 Å². The molecular weight excluding hydrogens is 232 g/mol. The van der Waals surface area contributed by atoms with Gasteiger partial charge < -0.3 is 10.2 Å². The molecule has 0 aliphatic carbocycles. The highest BCUT2D eigenvalue weighted by atomic mass is 15.1. The molecule has 19 heavy (non-hydrogen) atoms. The number of benzene rings is 1. The summed E-state index contributed by atoms with van der Waals surface area (Å²) in [4.78, 5) is 2.47. The van der Waals surface area contributed by atoms with E-state index in [4.69, 9.17) is 0 Å². The van der Waals surface area contributed by atoms with E-state index in [1.54, 1.807) is 0 Å². The standard InChI is InChI=1S/C17H30N2/c1-14(2)17(12-18-4)13-19(5)11-10-16-9-7-6-8-15(16)3/h6-9,14,17-18H,10-13H2,1-5H3. The third-order valence-corrected chi connectivity index (χ3v) is 3.98. The Morgan fingerprint density at radius 2 is 1.89 bits per heavy atom. The van der Waals surface area contributed by atoms with Crippen molar-refractivity contribution in [2.75, 3.05) is 33.7 Å². The molecule has 0 fully saturated rings. The van der Waals surface area contributed by atoms with Gasteiger partial charge in [0.05, 0.1) is 0 Å². The molecule has 0 spiro atoms. The lowest BCUT2D eigenvalue weighted by Gasteiger charge is -2.27. The van der Waals surface area contributed by atoms with Gasteiger partial charge in [0, 0.05) is 13.1 Å². The highest BCUT2D eigenvalue weighted by Gasteiger charge is 2.14. The van der Waals surface area contributed by atoms with Crippen molar-refractivity contribution in [2.45, 2.75) is 27.2 Å². The first-order chi connectivity index (χ1) is 9.04. The van der Waals surface area contributed by atoms with Gasteiger partial charge in [0.25, 0.3) is 0 Å². The molecule has 2 heteroatoms. The van der Waals surface area contributed by atoms with Gasteiger partial charge in [-0.3, -0.25) is 0 Å². The zero-order chi connectivity index (χ0) is 14.3. The monoisotopic (exact) mass is 262 g/mol. The van der Waals surface area contributed by atoms with E-state index in [1.165, 1.54) is 17.7 Å².